The first-order chi connectivity index (χ1) is 10.1. The average Bonchev–Trinajstić information content (AvgIpc) is 2.96. The SMILES string of the molecule is NC(=O)CN1CCC[C@@H](C(=O)NCCSc2cn[nH]n2)C1. The number of nitrogens with two attached hydrogens (primary N) is 1. The molecule has 1 fully saturated rings. The van der Waals surface area contributed by atoms with Gasteiger partial charge >= 0.3 is 0 Å². The smallest absolute Gasteiger partial charge is 0.231 e. The molecule has 1 atom stereocenters. The van der Waals surface area contributed by atoms with Crippen LogP contribution in [0.15, 0.2) is 11.2 Å². The van der Waals surface area contributed by atoms with Crippen molar-refractivity contribution in [3.05, 3.63) is 6.20 Å². The zero-order chi connectivity index (χ0) is 15.1. The van der Waals surface area contributed by atoms with E-state index in [0.29, 0.717) is 13.1 Å². The molecule has 9 heteroatoms. The van der Waals surface area contributed by atoms with Gasteiger partial charge in [-0.15, -0.1) is 16.9 Å². The first kappa shape index (κ1) is 15.8. The number of amides is 2. The van der Waals surface area contributed by atoms with E-state index in [9.17, 15) is 9.59 Å². The average molecular weight is 312 g/mol. The summed E-state index contributed by atoms with van der Waals surface area (Å²) in [7, 11) is 0. The number of primary amides is 1. The fourth-order valence-corrected chi connectivity index (χ4v) is 3.01. The molecule has 8 nitrogen and oxygen atoms in total. The van der Waals surface area contributed by atoms with E-state index in [1.807, 2.05) is 4.90 Å². The van der Waals surface area contributed by atoms with E-state index < -0.39 is 0 Å². The third-order valence-corrected chi connectivity index (χ3v) is 4.20. The molecule has 0 radical (unpaired) electrons. The third-order valence-electron chi connectivity index (χ3n) is 3.30. The van der Waals surface area contributed by atoms with Gasteiger partial charge in [0.1, 0.15) is 5.03 Å². The molecule has 2 amide bonds. The van der Waals surface area contributed by atoms with Crippen LogP contribution < -0.4 is 11.1 Å². The number of aromatic nitrogens is 3. The van der Waals surface area contributed by atoms with Crippen LogP contribution in [0.25, 0.3) is 0 Å². The van der Waals surface area contributed by atoms with E-state index >= 15 is 0 Å². The summed E-state index contributed by atoms with van der Waals surface area (Å²) in [5.41, 5.74) is 5.19. The minimum absolute atomic E-state index is 0.0462. The molecule has 116 valence electrons. The predicted octanol–water partition coefficient (Wildman–Crippen LogP) is -0.790. The summed E-state index contributed by atoms with van der Waals surface area (Å²) in [5.74, 6) is 0.385. The molecule has 21 heavy (non-hydrogen) atoms. The number of thioether (sulfide) groups is 1. The number of H-pyrrole nitrogens is 1. The van der Waals surface area contributed by atoms with Gasteiger partial charge in [-0.2, -0.15) is 10.3 Å². The number of carbonyl (C=O) groups excluding carboxylic acids is 2. The molecule has 1 aliphatic rings. The Balaban J connectivity index is 1.66. The van der Waals surface area contributed by atoms with Crippen molar-refractivity contribution < 1.29 is 9.59 Å². The lowest BCUT2D eigenvalue weighted by molar-refractivity contribution is -0.128. The van der Waals surface area contributed by atoms with E-state index in [-0.39, 0.29) is 24.3 Å². The van der Waals surface area contributed by atoms with Gasteiger partial charge in [0, 0.05) is 18.8 Å². The molecule has 0 saturated carbocycles. The first-order valence-electron chi connectivity index (χ1n) is 6.92. The van der Waals surface area contributed by atoms with Gasteiger partial charge in [-0.3, -0.25) is 14.5 Å². The summed E-state index contributed by atoms with van der Waals surface area (Å²) in [4.78, 5) is 25.0. The molecule has 0 spiro atoms. The Kier molecular flexibility index (Phi) is 6.00. The largest absolute Gasteiger partial charge is 0.369 e. The summed E-state index contributed by atoms with van der Waals surface area (Å²) in [5, 5.41) is 13.9. The third kappa shape index (κ3) is 5.35. The van der Waals surface area contributed by atoms with E-state index in [1.165, 1.54) is 11.8 Å². The van der Waals surface area contributed by atoms with Gasteiger partial charge in [-0.25, -0.2) is 0 Å². The Hall–Kier alpha value is -1.61. The fraction of sp³-hybridized carbons (Fsp3) is 0.667. The number of carbonyl (C=O) groups is 2. The van der Waals surface area contributed by atoms with E-state index in [2.05, 4.69) is 20.7 Å². The van der Waals surface area contributed by atoms with Crippen LogP contribution in [0, 0.1) is 5.92 Å². The molecular formula is C12H20N6O2S. The minimum atomic E-state index is -0.347. The highest BCUT2D eigenvalue weighted by molar-refractivity contribution is 7.99. The van der Waals surface area contributed by atoms with Crippen molar-refractivity contribution in [1.82, 2.24) is 25.6 Å². The van der Waals surface area contributed by atoms with Crippen LogP contribution in [-0.2, 0) is 9.59 Å². The fourth-order valence-electron chi connectivity index (χ4n) is 2.37. The number of piperidine rings is 1. The van der Waals surface area contributed by atoms with Gasteiger partial charge < -0.3 is 11.1 Å². The number of nitrogens with one attached hydrogen (secondary N) is 2. The molecule has 2 rings (SSSR count). The van der Waals surface area contributed by atoms with Gasteiger partial charge in [0.2, 0.25) is 11.8 Å². The summed E-state index contributed by atoms with van der Waals surface area (Å²) in [6, 6.07) is 0. The Labute approximate surface area is 127 Å². The standard InChI is InChI=1S/C12H20N6O2S/c13-10(19)8-18-4-1-2-9(7-18)12(20)14-3-5-21-11-6-15-17-16-11/h6,9H,1-5,7-8H2,(H2,13,19)(H,14,20)(H,15,16,17)/t9-/m1/s1. The summed E-state index contributed by atoms with van der Waals surface area (Å²) >= 11 is 1.53. The van der Waals surface area contributed by atoms with Gasteiger partial charge in [-0.1, -0.05) is 0 Å². The Morgan fingerprint density at radius 2 is 2.43 bits per heavy atom. The lowest BCUT2D eigenvalue weighted by atomic mass is 9.97. The summed E-state index contributed by atoms with van der Waals surface area (Å²) in [6.07, 6.45) is 3.42. The van der Waals surface area contributed by atoms with E-state index in [0.717, 1.165) is 30.2 Å². The lowest BCUT2D eigenvalue weighted by Crippen LogP contribution is -2.46. The van der Waals surface area contributed by atoms with Crippen LogP contribution in [0.5, 0.6) is 0 Å². The second-order valence-corrected chi connectivity index (χ2v) is 6.10. The van der Waals surface area contributed by atoms with Crippen molar-refractivity contribution in [3.8, 4) is 0 Å². The molecule has 0 aliphatic carbocycles. The molecule has 0 bridgehead atoms. The van der Waals surface area contributed by atoms with Gasteiger partial charge in [0.15, 0.2) is 0 Å². The van der Waals surface area contributed by atoms with Gasteiger partial charge in [0.05, 0.1) is 18.7 Å². The van der Waals surface area contributed by atoms with Crippen molar-refractivity contribution in [2.75, 3.05) is 31.9 Å². The minimum Gasteiger partial charge on any atom is -0.369 e. The van der Waals surface area contributed by atoms with Gasteiger partial charge in [0.25, 0.3) is 0 Å². The summed E-state index contributed by atoms with van der Waals surface area (Å²) in [6.45, 7) is 2.24. The highest BCUT2D eigenvalue weighted by atomic mass is 32.2. The molecule has 2 heterocycles. The highest BCUT2D eigenvalue weighted by Gasteiger charge is 2.26. The number of hydrogen-bond acceptors (Lipinski definition) is 6. The Morgan fingerprint density at radius 1 is 1.57 bits per heavy atom. The molecule has 4 N–H and O–H groups in total. The van der Waals surface area contributed by atoms with Crippen LogP contribution >= 0.6 is 11.8 Å². The van der Waals surface area contributed by atoms with Crippen LogP contribution in [0.1, 0.15) is 12.8 Å². The molecule has 0 aromatic carbocycles. The monoisotopic (exact) mass is 312 g/mol. The zero-order valence-electron chi connectivity index (χ0n) is 11.7. The number of aromatic amines is 1. The number of likely N-dealkylation sites (tertiary alicyclic amines) is 1. The second kappa shape index (κ2) is 7.99. The molecule has 0 unspecified atom stereocenters. The highest BCUT2D eigenvalue weighted by Crippen LogP contribution is 2.16. The second-order valence-electron chi connectivity index (χ2n) is 4.99. The maximum Gasteiger partial charge on any atom is 0.231 e. The Morgan fingerprint density at radius 3 is 3.14 bits per heavy atom. The van der Waals surface area contributed by atoms with Crippen molar-refractivity contribution in [1.29, 1.82) is 0 Å². The quantitative estimate of drug-likeness (QED) is 0.449. The topological polar surface area (TPSA) is 117 Å². The van der Waals surface area contributed by atoms with Crippen molar-refractivity contribution in [2.24, 2.45) is 11.7 Å². The molecule has 1 saturated heterocycles. The number of hydrogen-bond donors (Lipinski definition) is 3. The zero-order valence-corrected chi connectivity index (χ0v) is 12.6. The first-order valence-corrected chi connectivity index (χ1v) is 7.90. The van der Waals surface area contributed by atoms with Crippen molar-refractivity contribution in [2.45, 2.75) is 17.9 Å². The van der Waals surface area contributed by atoms with Crippen LogP contribution in [0.4, 0.5) is 0 Å². The van der Waals surface area contributed by atoms with Crippen LogP contribution in [-0.4, -0.2) is 64.1 Å². The Bertz CT molecular complexity index is 466. The maximum atomic E-state index is 12.1. The van der Waals surface area contributed by atoms with Crippen LogP contribution in [0.3, 0.4) is 0 Å². The number of rotatable bonds is 7. The maximum absolute atomic E-state index is 12.1. The van der Waals surface area contributed by atoms with Gasteiger partial charge in [-0.05, 0) is 19.4 Å². The molecule has 1 aliphatic heterocycles. The molecular weight excluding hydrogens is 292 g/mol. The molecule has 1 aromatic heterocycles. The van der Waals surface area contributed by atoms with E-state index in [4.69, 9.17) is 5.73 Å². The molecule has 1 aromatic rings. The lowest BCUT2D eigenvalue weighted by Gasteiger charge is -2.30. The number of nitrogens with zero attached hydrogens (tertiary/aromatic N) is 3. The van der Waals surface area contributed by atoms with E-state index in [1.54, 1.807) is 6.20 Å². The normalized spacial score (nSPS) is 19.3. The van der Waals surface area contributed by atoms with Crippen molar-refractivity contribution in [3.63, 3.8) is 0 Å². The predicted molar refractivity (Wildman–Crippen MR) is 78.5 cm³/mol. The van der Waals surface area contributed by atoms with Crippen molar-refractivity contribution >= 4 is 23.6 Å². The van der Waals surface area contributed by atoms with Crippen LogP contribution in [0.2, 0.25) is 0 Å². The summed E-state index contributed by atoms with van der Waals surface area (Å²) < 4.78 is 0.